The largest absolute Gasteiger partial charge is 0.348 e. The van der Waals surface area contributed by atoms with Gasteiger partial charge in [0.25, 0.3) is 5.91 Å². The standard InChI is InChI=1S/C17H20N2O2S2/c1-12(20)16-8-13(11-23-16)17(21)18-14-4-2-6-19(9-14)10-15-5-3-7-22-15/h3,5,7-8,11,14H,2,4,6,9-10H2,1H3,(H,18,21)/t14-/m1/s1. The van der Waals surface area contributed by atoms with E-state index in [1.165, 1.54) is 23.1 Å². The minimum atomic E-state index is -0.0725. The molecule has 1 fully saturated rings. The van der Waals surface area contributed by atoms with Crippen molar-refractivity contribution >= 4 is 34.4 Å². The fraction of sp³-hybridized carbons (Fsp3) is 0.412. The minimum absolute atomic E-state index is 0.00818. The molecule has 0 bridgehead atoms. The summed E-state index contributed by atoms with van der Waals surface area (Å²) >= 11 is 3.11. The Morgan fingerprint density at radius 1 is 1.39 bits per heavy atom. The molecule has 0 radical (unpaired) electrons. The molecule has 122 valence electrons. The lowest BCUT2D eigenvalue weighted by molar-refractivity contribution is 0.0901. The van der Waals surface area contributed by atoms with Gasteiger partial charge in [-0.25, -0.2) is 0 Å². The van der Waals surface area contributed by atoms with Gasteiger partial charge >= 0.3 is 0 Å². The monoisotopic (exact) mass is 348 g/mol. The molecule has 3 rings (SSSR count). The number of hydrogen-bond acceptors (Lipinski definition) is 5. The SMILES string of the molecule is CC(=O)c1cc(C(=O)N[C@@H]2CCCN(Cc3cccs3)C2)cs1. The van der Waals surface area contributed by atoms with Gasteiger partial charge in [0, 0.05) is 29.4 Å². The van der Waals surface area contributed by atoms with Crippen molar-refractivity contribution in [1.82, 2.24) is 10.2 Å². The number of nitrogens with one attached hydrogen (secondary N) is 1. The first-order chi connectivity index (χ1) is 11.1. The molecule has 0 unspecified atom stereocenters. The third-order valence-electron chi connectivity index (χ3n) is 4.01. The van der Waals surface area contributed by atoms with Gasteiger partial charge in [-0.3, -0.25) is 14.5 Å². The van der Waals surface area contributed by atoms with Crippen molar-refractivity contribution < 1.29 is 9.59 Å². The molecule has 1 amide bonds. The van der Waals surface area contributed by atoms with Gasteiger partial charge in [-0.2, -0.15) is 0 Å². The molecular weight excluding hydrogens is 328 g/mol. The molecule has 1 N–H and O–H groups in total. The lowest BCUT2D eigenvalue weighted by Crippen LogP contribution is -2.47. The smallest absolute Gasteiger partial charge is 0.252 e. The minimum Gasteiger partial charge on any atom is -0.348 e. The summed E-state index contributed by atoms with van der Waals surface area (Å²) in [5, 5.41) is 6.98. The molecule has 2 aromatic rings. The molecule has 2 aromatic heterocycles. The second-order valence-corrected chi connectivity index (χ2v) is 7.83. The van der Waals surface area contributed by atoms with Crippen molar-refractivity contribution in [2.75, 3.05) is 13.1 Å². The van der Waals surface area contributed by atoms with Gasteiger partial charge in [0.1, 0.15) is 0 Å². The van der Waals surface area contributed by atoms with Gasteiger partial charge in [0.05, 0.1) is 10.4 Å². The lowest BCUT2D eigenvalue weighted by Gasteiger charge is -2.32. The van der Waals surface area contributed by atoms with E-state index in [-0.39, 0.29) is 17.7 Å². The average Bonchev–Trinajstić information content (AvgIpc) is 3.18. The van der Waals surface area contributed by atoms with Crippen LogP contribution in [0.5, 0.6) is 0 Å². The van der Waals surface area contributed by atoms with Crippen molar-refractivity contribution in [2.24, 2.45) is 0 Å². The third-order valence-corrected chi connectivity index (χ3v) is 5.90. The highest BCUT2D eigenvalue weighted by Crippen LogP contribution is 2.18. The Bertz CT molecular complexity index is 679. The Labute approximate surface area is 144 Å². The highest BCUT2D eigenvalue weighted by molar-refractivity contribution is 7.12. The molecule has 1 aliphatic rings. The Morgan fingerprint density at radius 3 is 2.96 bits per heavy atom. The van der Waals surface area contributed by atoms with E-state index >= 15 is 0 Å². The first-order valence-electron chi connectivity index (χ1n) is 7.77. The maximum absolute atomic E-state index is 12.3. The van der Waals surface area contributed by atoms with Crippen LogP contribution in [0.2, 0.25) is 0 Å². The molecule has 0 aromatic carbocycles. The van der Waals surface area contributed by atoms with Crippen molar-refractivity contribution in [3.8, 4) is 0 Å². The second kappa shape index (κ2) is 7.38. The summed E-state index contributed by atoms with van der Waals surface area (Å²) in [4.78, 5) is 28.1. The van der Waals surface area contributed by atoms with Gasteiger partial charge in [-0.05, 0) is 43.8 Å². The number of rotatable bonds is 5. The molecule has 1 atom stereocenters. The van der Waals surface area contributed by atoms with Crippen molar-refractivity contribution in [3.63, 3.8) is 0 Å². The van der Waals surface area contributed by atoms with E-state index in [9.17, 15) is 9.59 Å². The van der Waals surface area contributed by atoms with Gasteiger partial charge in [-0.1, -0.05) is 6.07 Å². The first kappa shape index (κ1) is 16.4. The van der Waals surface area contributed by atoms with E-state index < -0.39 is 0 Å². The van der Waals surface area contributed by atoms with Crippen LogP contribution < -0.4 is 5.32 Å². The summed E-state index contributed by atoms with van der Waals surface area (Å²) in [6.07, 6.45) is 2.11. The van der Waals surface area contributed by atoms with Crippen LogP contribution >= 0.6 is 22.7 Å². The zero-order valence-corrected chi connectivity index (χ0v) is 14.7. The van der Waals surface area contributed by atoms with Gasteiger partial charge in [-0.15, -0.1) is 22.7 Å². The second-order valence-electron chi connectivity index (χ2n) is 5.88. The summed E-state index contributed by atoms with van der Waals surface area (Å²) in [5.41, 5.74) is 0.593. The van der Waals surface area contributed by atoms with Crippen molar-refractivity contribution in [3.05, 3.63) is 44.3 Å². The summed E-state index contributed by atoms with van der Waals surface area (Å²) in [5.74, 6) is -0.0643. The molecule has 0 spiro atoms. The summed E-state index contributed by atoms with van der Waals surface area (Å²) < 4.78 is 0. The number of hydrogen-bond donors (Lipinski definition) is 1. The predicted octanol–water partition coefficient (Wildman–Crippen LogP) is 3.41. The number of thiophene rings is 2. The molecule has 0 aliphatic carbocycles. The Kier molecular flexibility index (Phi) is 5.25. The molecule has 0 saturated carbocycles. The van der Waals surface area contributed by atoms with Gasteiger partial charge < -0.3 is 5.32 Å². The maximum Gasteiger partial charge on any atom is 0.252 e. The number of carbonyl (C=O) groups is 2. The van der Waals surface area contributed by atoms with Crippen molar-refractivity contribution in [2.45, 2.75) is 32.4 Å². The Morgan fingerprint density at radius 2 is 2.26 bits per heavy atom. The zero-order valence-electron chi connectivity index (χ0n) is 13.1. The van der Waals surface area contributed by atoms with E-state index in [4.69, 9.17) is 0 Å². The molecule has 23 heavy (non-hydrogen) atoms. The highest BCUT2D eigenvalue weighted by atomic mass is 32.1. The molecule has 3 heterocycles. The first-order valence-corrected chi connectivity index (χ1v) is 9.53. The van der Waals surface area contributed by atoms with E-state index in [1.54, 1.807) is 22.8 Å². The van der Waals surface area contributed by atoms with E-state index in [0.29, 0.717) is 10.4 Å². The number of amides is 1. The Hall–Kier alpha value is -1.50. The molecule has 1 aliphatic heterocycles. The van der Waals surface area contributed by atoms with E-state index in [0.717, 1.165) is 32.5 Å². The van der Waals surface area contributed by atoms with Crippen LogP contribution in [0.3, 0.4) is 0 Å². The zero-order chi connectivity index (χ0) is 16.2. The van der Waals surface area contributed by atoms with Crippen molar-refractivity contribution in [1.29, 1.82) is 0 Å². The maximum atomic E-state index is 12.3. The lowest BCUT2D eigenvalue weighted by atomic mass is 10.1. The van der Waals surface area contributed by atoms with Gasteiger partial charge in [0.2, 0.25) is 0 Å². The molecule has 1 saturated heterocycles. The average molecular weight is 348 g/mol. The summed E-state index contributed by atoms with van der Waals surface area (Å²) in [6.45, 7) is 4.44. The van der Waals surface area contributed by atoms with Crippen LogP contribution in [0, 0.1) is 0 Å². The number of nitrogens with zero attached hydrogens (tertiary/aromatic N) is 1. The van der Waals surface area contributed by atoms with Crippen LogP contribution in [0.25, 0.3) is 0 Å². The summed E-state index contributed by atoms with van der Waals surface area (Å²) in [7, 11) is 0. The highest BCUT2D eigenvalue weighted by Gasteiger charge is 2.22. The fourth-order valence-corrected chi connectivity index (χ4v) is 4.38. The topological polar surface area (TPSA) is 49.4 Å². The number of carbonyl (C=O) groups excluding carboxylic acids is 2. The number of piperidine rings is 1. The third kappa shape index (κ3) is 4.28. The number of ketones is 1. The quantitative estimate of drug-likeness (QED) is 0.843. The van der Waals surface area contributed by atoms with Crippen LogP contribution in [0.1, 0.15) is 44.7 Å². The van der Waals surface area contributed by atoms with Crippen LogP contribution in [-0.4, -0.2) is 35.7 Å². The summed E-state index contributed by atoms with van der Waals surface area (Å²) in [6, 6.07) is 6.10. The predicted molar refractivity (Wildman–Crippen MR) is 94.4 cm³/mol. The van der Waals surface area contributed by atoms with Crippen LogP contribution in [0.4, 0.5) is 0 Å². The fourth-order valence-electron chi connectivity index (χ4n) is 2.85. The number of Topliss-reactive ketones (excluding diaryl/α,β-unsaturated/α-hetero) is 1. The normalized spacial score (nSPS) is 18.7. The van der Waals surface area contributed by atoms with Gasteiger partial charge in [0.15, 0.2) is 5.78 Å². The molecular formula is C17H20N2O2S2. The van der Waals surface area contributed by atoms with E-state index in [2.05, 4.69) is 27.7 Å². The van der Waals surface area contributed by atoms with E-state index in [1.807, 2.05) is 0 Å². The number of likely N-dealkylation sites (tertiary alicyclic amines) is 1. The van der Waals surface area contributed by atoms with Crippen LogP contribution in [-0.2, 0) is 6.54 Å². The molecule has 6 heteroatoms. The molecule has 4 nitrogen and oxygen atoms in total. The Balaban J connectivity index is 1.56. The van der Waals surface area contributed by atoms with Crippen LogP contribution in [0.15, 0.2) is 29.0 Å².